The van der Waals surface area contributed by atoms with Crippen LogP contribution in [0.1, 0.15) is 25.7 Å². The van der Waals surface area contributed by atoms with Crippen molar-refractivity contribution in [3.05, 3.63) is 54.6 Å². The van der Waals surface area contributed by atoms with E-state index in [1.165, 1.54) is 12.8 Å². The van der Waals surface area contributed by atoms with Crippen LogP contribution >= 0.6 is 24.0 Å². The minimum absolute atomic E-state index is 0. The van der Waals surface area contributed by atoms with Gasteiger partial charge in [-0.3, -0.25) is 4.99 Å². The lowest BCUT2D eigenvalue weighted by molar-refractivity contribution is 0.0129. The van der Waals surface area contributed by atoms with Crippen LogP contribution in [0.15, 0.2) is 59.6 Å². The molecule has 0 amide bonds. The second-order valence-corrected chi connectivity index (χ2v) is 6.11. The summed E-state index contributed by atoms with van der Waals surface area (Å²) in [4.78, 5) is 4.39. The van der Waals surface area contributed by atoms with Gasteiger partial charge in [0.15, 0.2) is 5.96 Å². The van der Waals surface area contributed by atoms with Crippen molar-refractivity contribution in [3.63, 3.8) is 0 Å². The van der Waals surface area contributed by atoms with Crippen LogP contribution in [0.2, 0.25) is 0 Å². The third-order valence-corrected chi connectivity index (χ3v) is 4.09. The molecule has 1 fully saturated rings. The maximum Gasteiger partial charge on any atom is 0.193 e. The summed E-state index contributed by atoms with van der Waals surface area (Å²) in [5.74, 6) is 1.96. The molecule has 2 aromatic rings. The molecule has 1 aliphatic rings. The van der Waals surface area contributed by atoms with E-state index in [1.54, 1.807) is 0 Å². The maximum atomic E-state index is 5.98. The first-order chi connectivity index (χ1) is 12.3. The Kier molecular flexibility index (Phi) is 8.70. The maximum absolute atomic E-state index is 5.98. The minimum Gasteiger partial charge on any atom is -0.457 e. The second-order valence-electron chi connectivity index (χ2n) is 6.11. The molecule has 140 valence electrons. The van der Waals surface area contributed by atoms with Gasteiger partial charge in [-0.1, -0.05) is 24.3 Å². The molecule has 3 rings (SSSR count). The average molecular weight is 467 g/mol. The molecule has 0 aromatic heterocycles. The Bertz CT molecular complexity index is 688. The van der Waals surface area contributed by atoms with Crippen LogP contribution in [-0.4, -0.2) is 25.2 Å². The number of para-hydroxylation sites is 1. The Labute approximate surface area is 172 Å². The van der Waals surface area contributed by atoms with E-state index in [4.69, 9.17) is 15.2 Å². The third-order valence-electron chi connectivity index (χ3n) is 4.09. The molecule has 6 heteroatoms. The summed E-state index contributed by atoms with van der Waals surface area (Å²) in [6, 6.07) is 17.4. The first-order valence-corrected chi connectivity index (χ1v) is 8.81. The van der Waals surface area contributed by atoms with Gasteiger partial charge >= 0.3 is 0 Å². The molecular formula is C20H26IN3O2. The van der Waals surface area contributed by atoms with Crippen molar-refractivity contribution in [2.75, 3.05) is 18.5 Å². The number of nitrogens with two attached hydrogens (primary N) is 1. The molecule has 0 saturated carbocycles. The highest BCUT2D eigenvalue weighted by molar-refractivity contribution is 14.0. The van der Waals surface area contributed by atoms with Gasteiger partial charge in [0.05, 0.1) is 6.10 Å². The molecule has 0 radical (unpaired) electrons. The lowest BCUT2D eigenvalue weighted by Gasteiger charge is -2.21. The number of benzene rings is 2. The minimum atomic E-state index is 0. The fourth-order valence-electron chi connectivity index (χ4n) is 2.81. The fourth-order valence-corrected chi connectivity index (χ4v) is 2.81. The van der Waals surface area contributed by atoms with E-state index in [0.29, 0.717) is 18.6 Å². The number of rotatable bonds is 6. The summed E-state index contributed by atoms with van der Waals surface area (Å²) < 4.78 is 11.5. The summed E-state index contributed by atoms with van der Waals surface area (Å²) in [7, 11) is 0. The lowest BCUT2D eigenvalue weighted by atomic mass is 10.1. The number of ether oxygens (including phenoxy) is 2. The van der Waals surface area contributed by atoms with E-state index in [2.05, 4.69) is 10.3 Å². The van der Waals surface area contributed by atoms with Crippen LogP contribution in [0, 0.1) is 0 Å². The highest BCUT2D eigenvalue weighted by Crippen LogP contribution is 2.23. The number of halogens is 1. The molecule has 1 saturated heterocycles. The molecular weight excluding hydrogens is 441 g/mol. The highest BCUT2D eigenvalue weighted by atomic mass is 127. The van der Waals surface area contributed by atoms with Gasteiger partial charge in [0, 0.05) is 24.9 Å². The third kappa shape index (κ3) is 6.84. The van der Waals surface area contributed by atoms with Crippen molar-refractivity contribution in [2.24, 2.45) is 10.7 Å². The smallest absolute Gasteiger partial charge is 0.193 e. The first-order valence-electron chi connectivity index (χ1n) is 8.81. The van der Waals surface area contributed by atoms with Crippen molar-refractivity contribution in [2.45, 2.75) is 31.8 Å². The van der Waals surface area contributed by atoms with E-state index >= 15 is 0 Å². The van der Waals surface area contributed by atoms with Crippen LogP contribution in [-0.2, 0) is 4.74 Å². The standard InChI is InChI=1S/C20H25N3O2.HI/c21-20(22-13-12-17-8-4-5-14-24-17)23-16-7-6-11-19(15-16)25-18-9-2-1-3-10-18;/h1-3,6-7,9-11,15,17H,4-5,8,12-14H2,(H3,21,22,23);1H. The van der Waals surface area contributed by atoms with Crippen LogP contribution in [0.5, 0.6) is 11.5 Å². The number of nitrogens with zero attached hydrogens (tertiary/aromatic N) is 1. The predicted molar refractivity (Wildman–Crippen MR) is 117 cm³/mol. The lowest BCUT2D eigenvalue weighted by Crippen LogP contribution is -2.24. The van der Waals surface area contributed by atoms with Gasteiger partial charge in [0.1, 0.15) is 11.5 Å². The first kappa shape index (κ1) is 20.5. The topological polar surface area (TPSA) is 68.9 Å². The Morgan fingerprint density at radius 2 is 1.92 bits per heavy atom. The summed E-state index contributed by atoms with van der Waals surface area (Å²) in [6.45, 7) is 1.54. The molecule has 0 aliphatic carbocycles. The van der Waals surface area contributed by atoms with E-state index in [9.17, 15) is 0 Å². The average Bonchev–Trinajstić information content (AvgIpc) is 2.64. The van der Waals surface area contributed by atoms with Crippen molar-refractivity contribution >= 4 is 35.6 Å². The van der Waals surface area contributed by atoms with Crippen molar-refractivity contribution in [1.82, 2.24) is 0 Å². The Morgan fingerprint density at radius 3 is 2.69 bits per heavy atom. The number of aliphatic imine (C=N–C) groups is 1. The van der Waals surface area contributed by atoms with Gasteiger partial charge < -0.3 is 20.5 Å². The highest BCUT2D eigenvalue weighted by Gasteiger charge is 2.12. The zero-order valence-corrected chi connectivity index (χ0v) is 17.1. The van der Waals surface area contributed by atoms with Gasteiger partial charge in [-0.25, -0.2) is 0 Å². The Morgan fingerprint density at radius 1 is 1.12 bits per heavy atom. The molecule has 3 N–H and O–H groups in total. The summed E-state index contributed by atoms with van der Waals surface area (Å²) in [5, 5.41) is 3.11. The van der Waals surface area contributed by atoms with Gasteiger partial charge in [0.25, 0.3) is 0 Å². The van der Waals surface area contributed by atoms with Crippen LogP contribution in [0.25, 0.3) is 0 Å². The quantitative estimate of drug-likeness (QED) is 0.365. The molecule has 1 atom stereocenters. The van der Waals surface area contributed by atoms with Gasteiger partial charge in [-0.05, 0) is 49.9 Å². The number of guanidine groups is 1. The number of anilines is 1. The Balaban J connectivity index is 0.00000243. The van der Waals surface area contributed by atoms with Gasteiger partial charge in [-0.2, -0.15) is 0 Å². The van der Waals surface area contributed by atoms with E-state index in [0.717, 1.165) is 36.6 Å². The number of hydrogen-bond acceptors (Lipinski definition) is 3. The SMILES string of the molecule is I.NC(=NCCC1CCCCO1)Nc1cccc(Oc2ccccc2)c1. The fraction of sp³-hybridized carbons (Fsp3) is 0.350. The molecule has 1 aliphatic heterocycles. The molecule has 5 nitrogen and oxygen atoms in total. The van der Waals surface area contributed by atoms with Crippen molar-refractivity contribution in [1.29, 1.82) is 0 Å². The normalized spacial score (nSPS) is 17.2. The largest absolute Gasteiger partial charge is 0.457 e. The monoisotopic (exact) mass is 467 g/mol. The number of hydrogen-bond donors (Lipinski definition) is 2. The summed E-state index contributed by atoms with van der Waals surface area (Å²) in [6.07, 6.45) is 4.79. The van der Waals surface area contributed by atoms with Crippen LogP contribution < -0.4 is 15.8 Å². The molecule has 26 heavy (non-hydrogen) atoms. The molecule has 1 heterocycles. The van der Waals surface area contributed by atoms with E-state index in [-0.39, 0.29) is 24.0 Å². The molecule has 1 unspecified atom stereocenters. The molecule has 0 bridgehead atoms. The Hall–Kier alpha value is -1.80. The number of nitrogens with one attached hydrogen (secondary N) is 1. The zero-order chi connectivity index (χ0) is 17.3. The van der Waals surface area contributed by atoms with Crippen LogP contribution in [0.3, 0.4) is 0 Å². The van der Waals surface area contributed by atoms with E-state index < -0.39 is 0 Å². The summed E-state index contributed by atoms with van der Waals surface area (Å²) >= 11 is 0. The predicted octanol–water partition coefficient (Wildman–Crippen LogP) is 4.78. The van der Waals surface area contributed by atoms with Crippen molar-refractivity contribution < 1.29 is 9.47 Å². The molecule has 2 aromatic carbocycles. The van der Waals surface area contributed by atoms with Gasteiger partial charge in [-0.15, -0.1) is 24.0 Å². The van der Waals surface area contributed by atoms with Crippen molar-refractivity contribution in [3.8, 4) is 11.5 Å². The zero-order valence-electron chi connectivity index (χ0n) is 14.8. The second kappa shape index (κ2) is 11.0. The molecule has 0 spiro atoms. The van der Waals surface area contributed by atoms with E-state index in [1.807, 2.05) is 54.6 Å². The van der Waals surface area contributed by atoms with Gasteiger partial charge in [0.2, 0.25) is 0 Å². The van der Waals surface area contributed by atoms with Crippen LogP contribution in [0.4, 0.5) is 5.69 Å². The summed E-state index contributed by atoms with van der Waals surface area (Å²) in [5.41, 5.74) is 6.83.